The topological polar surface area (TPSA) is 114 Å². The third kappa shape index (κ3) is 7.77. The summed E-state index contributed by atoms with van der Waals surface area (Å²) in [7, 11) is 2.15. The lowest BCUT2D eigenvalue weighted by molar-refractivity contribution is -0.263. The summed E-state index contributed by atoms with van der Waals surface area (Å²) in [6, 6.07) is 49.8. The van der Waals surface area contributed by atoms with Crippen molar-refractivity contribution in [2.75, 3.05) is 13.6 Å². The van der Waals surface area contributed by atoms with Crippen LogP contribution in [0.2, 0.25) is 0 Å². The Labute approximate surface area is 341 Å². The Hall–Kier alpha value is -6.49. The maximum Gasteiger partial charge on any atom is 0.346 e. The van der Waals surface area contributed by atoms with Crippen molar-refractivity contribution in [1.29, 1.82) is 0 Å². The minimum atomic E-state index is -0.755. The van der Waals surface area contributed by atoms with Gasteiger partial charge < -0.3 is 24.6 Å². The van der Waals surface area contributed by atoms with E-state index in [2.05, 4.69) is 88.7 Å². The fraction of sp³-hybridized carbons (Fsp3) is 0.180. The second kappa shape index (κ2) is 16.4. The molecule has 2 heterocycles. The third-order valence-electron chi connectivity index (χ3n) is 11.4. The number of carbonyl (C=O) groups is 3. The average Bonchev–Trinajstić information content (AvgIpc) is 3.57. The molecule has 0 spiro atoms. The van der Waals surface area contributed by atoms with Gasteiger partial charge >= 0.3 is 11.9 Å². The monoisotopic (exact) mass is 782 g/mol. The molecule has 0 bridgehead atoms. The molecule has 0 radical (unpaired) electrons. The maximum atomic E-state index is 13.0. The molecule has 9 heteroatoms. The number of hydrogen-bond donors (Lipinski definition) is 2. The molecule has 7 aromatic rings. The van der Waals surface area contributed by atoms with Gasteiger partial charge in [0.1, 0.15) is 0 Å². The summed E-state index contributed by atoms with van der Waals surface area (Å²) in [5, 5.41) is 17.6. The van der Waals surface area contributed by atoms with Crippen molar-refractivity contribution < 1.29 is 33.7 Å². The van der Waals surface area contributed by atoms with Gasteiger partial charge in [0.05, 0.1) is 29.9 Å². The number of benzene rings is 7. The van der Waals surface area contributed by atoms with E-state index in [9.17, 15) is 19.5 Å². The Morgan fingerprint density at radius 1 is 0.661 bits per heavy atom. The van der Waals surface area contributed by atoms with Gasteiger partial charge in [-0.1, -0.05) is 127 Å². The van der Waals surface area contributed by atoms with Crippen molar-refractivity contribution in [3.05, 3.63) is 202 Å². The van der Waals surface area contributed by atoms with Gasteiger partial charge in [-0.3, -0.25) is 9.69 Å². The number of esters is 2. The van der Waals surface area contributed by atoms with Crippen LogP contribution in [0, 0.1) is 0 Å². The first-order chi connectivity index (χ1) is 28.8. The highest BCUT2D eigenvalue weighted by atomic mass is 16.7. The predicted octanol–water partition coefficient (Wildman–Crippen LogP) is 8.80. The lowest BCUT2D eigenvalue weighted by Gasteiger charge is -2.44. The molecule has 59 heavy (non-hydrogen) atoms. The van der Waals surface area contributed by atoms with Crippen LogP contribution in [0.25, 0.3) is 21.5 Å². The summed E-state index contributed by atoms with van der Waals surface area (Å²) in [6.07, 6.45) is -1.37. The molecule has 2 aliphatic heterocycles. The zero-order valence-electron chi connectivity index (χ0n) is 32.4. The van der Waals surface area contributed by atoms with Gasteiger partial charge in [0.2, 0.25) is 0 Å². The van der Waals surface area contributed by atoms with E-state index in [-0.39, 0.29) is 53.9 Å². The first-order valence-electron chi connectivity index (χ1n) is 19.7. The molecule has 1 saturated heterocycles. The fourth-order valence-corrected chi connectivity index (χ4v) is 8.39. The molecule has 7 aromatic carbocycles. The quantitative estimate of drug-likeness (QED) is 0.0761. The van der Waals surface area contributed by atoms with E-state index >= 15 is 0 Å². The number of nitrogens with zero attached hydrogens (tertiary/aromatic N) is 1. The minimum absolute atomic E-state index is 0.0499. The smallest absolute Gasteiger partial charge is 0.346 e. The van der Waals surface area contributed by atoms with E-state index in [4.69, 9.17) is 9.47 Å². The predicted molar refractivity (Wildman–Crippen MR) is 225 cm³/mol. The standard InChI is InChI=1S/C50H42N2O7/c1-52(28-43-39-13-7-5-11-36(39)25-37-12-6-8-14-40(37)43)29-44-45(33-9-3-2-4-10-33)46(34-19-17-32(30-53)18-20-34)58-50(57-44)35-21-15-31(16-22-35)27-51-47(54)38-23-24-41-42(26-38)49(56)59-48(41)55/h2-26,44-46,50,53H,27-30H2,1H3,(H,51,54). The van der Waals surface area contributed by atoms with Crippen LogP contribution >= 0.6 is 0 Å². The molecule has 4 atom stereocenters. The maximum absolute atomic E-state index is 13.0. The van der Waals surface area contributed by atoms with Gasteiger partial charge in [-0.05, 0) is 80.7 Å². The lowest BCUT2D eigenvalue weighted by atomic mass is 9.83. The zero-order valence-corrected chi connectivity index (χ0v) is 32.4. The number of cyclic esters (lactones) is 2. The molecule has 0 aromatic heterocycles. The van der Waals surface area contributed by atoms with Crippen molar-refractivity contribution in [3.8, 4) is 0 Å². The van der Waals surface area contributed by atoms with Crippen molar-refractivity contribution in [1.82, 2.24) is 10.2 Å². The van der Waals surface area contributed by atoms with Gasteiger partial charge in [0.25, 0.3) is 5.91 Å². The number of ether oxygens (including phenoxy) is 3. The van der Waals surface area contributed by atoms with Crippen LogP contribution in [0.4, 0.5) is 0 Å². The van der Waals surface area contributed by atoms with Gasteiger partial charge in [-0.25, -0.2) is 9.59 Å². The van der Waals surface area contributed by atoms with E-state index in [1.54, 1.807) is 0 Å². The SMILES string of the molecule is CN(Cc1c2ccccc2cc2ccccc12)CC1OC(c2ccc(CNC(=O)c3ccc4c(c3)C(=O)OC4=O)cc2)OC(c2ccc(CO)cc2)C1c1ccccc1. The Morgan fingerprint density at radius 3 is 1.98 bits per heavy atom. The second-order valence-electron chi connectivity index (χ2n) is 15.3. The molecule has 4 unspecified atom stereocenters. The van der Waals surface area contributed by atoms with Crippen molar-refractivity contribution in [3.63, 3.8) is 0 Å². The Kier molecular flexibility index (Phi) is 10.6. The van der Waals surface area contributed by atoms with Crippen molar-refractivity contribution in [2.45, 2.75) is 44.1 Å². The van der Waals surface area contributed by atoms with Crippen LogP contribution in [0.3, 0.4) is 0 Å². The summed E-state index contributed by atoms with van der Waals surface area (Å²) in [5.74, 6) is -2.01. The van der Waals surface area contributed by atoms with E-state index in [0.717, 1.165) is 27.8 Å². The molecular weight excluding hydrogens is 741 g/mol. The first kappa shape index (κ1) is 38.1. The highest BCUT2D eigenvalue weighted by molar-refractivity contribution is 6.15. The van der Waals surface area contributed by atoms with E-state index in [0.29, 0.717) is 13.1 Å². The normalized spacial score (nSPS) is 18.9. The molecule has 0 aliphatic carbocycles. The molecule has 1 amide bonds. The fourth-order valence-electron chi connectivity index (χ4n) is 8.39. The molecular formula is C50H42N2O7. The lowest BCUT2D eigenvalue weighted by Crippen LogP contribution is -2.43. The summed E-state index contributed by atoms with van der Waals surface area (Å²) in [6.45, 7) is 1.50. The summed E-state index contributed by atoms with van der Waals surface area (Å²) in [4.78, 5) is 39.3. The van der Waals surface area contributed by atoms with Gasteiger partial charge in [-0.2, -0.15) is 0 Å². The number of nitrogens with one attached hydrogen (secondary N) is 1. The van der Waals surface area contributed by atoms with Crippen LogP contribution in [-0.2, 0) is 33.9 Å². The first-order valence-corrected chi connectivity index (χ1v) is 19.7. The number of amides is 1. The van der Waals surface area contributed by atoms with Crippen LogP contribution < -0.4 is 5.32 Å². The second-order valence-corrected chi connectivity index (χ2v) is 15.3. The van der Waals surface area contributed by atoms with Gasteiger partial charge in [0.15, 0.2) is 6.29 Å². The highest BCUT2D eigenvalue weighted by Gasteiger charge is 2.42. The summed E-state index contributed by atoms with van der Waals surface area (Å²) >= 11 is 0. The summed E-state index contributed by atoms with van der Waals surface area (Å²) < 4.78 is 18.7. The number of carbonyl (C=O) groups excluding carboxylic acids is 3. The number of hydrogen-bond acceptors (Lipinski definition) is 8. The number of fused-ring (bicyclic) bond motifs is 3. The number of likely N-dealkylation sites (N-methyl/N-ethyl adjacent to an activating group) is 1. The zero-order chi connectivity index (χ0) is 40.5. The molecule has 2 N–H and O–H groups in total. The van der Waals surface area contributed by atoms with Gasteiger partial charge in [0, 0.05) is 36.7 Å². The highest BCUT2D eigenvalue weighted by Crippen LogP contribution is 2.47. The molecule has 9 nitrogen and oxygen atoms in total. The van der Waals surface area contributed by atoms with Gasteiger partial charge in [-0.15, -0.1) is 0 Å². The average molecular weight is 783 g/mol. The Bertz CT molecular complexity index is 2630. The van der Waals surface area contributed by atoms with Crippen LogP contribution in [0.1, 0.15) is 82.8 Å². The summed E-state index contributed by atoms with van der Waals surface area (Å²) in [5.41, 5.74) is 6.37. The van der Waals surface area contributed by atoms with Crippen LogP contribution in [0.15, 0.2) is 152 Å². The van der Waals surface area contributed by atoms with E-state index in [1.165, 1.54) is 45.3 Å². The van der Waals surface area contributed by atoms with E-state index < -0.39 is 18.2 Å². The van der Waals surface area contributed by atoms with Crippen LogP contribution in [0.5, 0.6) is 0 Å². The molecule has 0 saturated carbocycles. The minimum Gasteiger partial charge on any atom is -0.392 e. The van der Waals surface area contributed by atoms with Crippen molar-refractivity contribution >= 4 is 39.4 Å². The molecule has 1 fully saturated rings. The Morgan fingerprint density at radius 2 is 1.29 bits per heavy atom. The third-order valence-corrected chi connectivity index (χ3v) is 11.4. The number of aliphatic hydroxyl groups is 1. The Balaban J connectivity index is 0.998. The van der Waals surface area contributed by atoms with Crippen molar-refractivity contribution in [2.24, 2.45) is 0 Å². The number of aliphatic hydroxyl groups excluding tert-OH is 1. The molecule has 294 valence electrons. The largest absolute Gasteiger partial charge is 0.392 e. The van der Waals surface area contributed by atoms with E-state index in [1.807, 2.05) is 66.7 Å². The molecule has 2 aliphatic rings. The molecule has 9 rings (SSSR count). The number of rotatable bonds is 11. The van der Waals surface area contributed by atoms with Crippen LogP contribution in [-0.4, -0.2) is 47.5 Å².